The molecule has 0 amide bonds. The average molecular weight is 313 g/mol. The van der Waals surface area contributed by atoms with E-state index in [9.17, 15) is 4.39 Å². The summed E-state index contributed by atoms with van der Waals surface area (Å²) in [5.41, 5.74) is 1.14. The Balaban J connectivity index is 2.46. The van der Waals surface area contributed by atoms with Crippen molar-refractivity contribution in [1.82, 2.24) is 10.3 Å². The zero-order valence-electron chi connectivity index (χ0n) is 8.84. The number of rotatable bonds is 1. The predicted molar refractivity (Wildman–Crippen MR) is 56.9 cm³/mol. The van der Waals surface area contributed by atoms with E-state index in [4.69, 9.17) is 0 Å². The van der Waals surface area contributed by atoms with E-state index < -0.39 is 21.1 Å². The van der Waals surface area contributed by atoms with Gasteiger partial charge in [-0.1, -0.05) is 0 Å². The van der Waals surface area contributed by atoms with Crippen LogP contribution in [0.5, 0.6) is 0 Å². The molecule has 0 spiro atoms. The fourth-order valence-corrected chi connectivity index (χ4v) is 4.75. The van der Waals surface area contributed by atoms with Gasteiger partial charge in [0, 0.05) is 0 Å². The third-order valence-electron chi connectivity index (χ3n) is 1.85. The van der Waals surface area contributed by atoms with Crippen LogP contribution in [0.2, 0.25) is 3.43 Å². The van der Waals surface area contributed by atoms with Crippen molar-refractivity contribution in [3.05, 3.63) is 17.9 Å². The molecule has 0 aliphatic heterocycles. The number of halogens is 1. The summed E-state index contributed by atoms with van der Waals surface area (Å²) in [5.74, 6) is -0.167. The summed E-state index contributed by atoms with van der Waals surface area (Å²) in [7, 11) is 0. The van der Waals surface area contributed by atoms with Gasteiger partial charge >= 0.3 is 97.2 Å². The SMILES string of the molecule is C[C](C)(C)[Sn][c]1cc2nonc2cc1F. The quantitative estimate of drug-likeness (QED) is 0.755. The maximum atomic E-state index is 13.7. The van der Waals surface area contributed by atoms with Crippen LogP contribution in [-0.2, 0) is 0 Å². The van der Waals surface area contributed by atoms with Gasteiger partial charge in [-0.05, 0) is 0 Å². The Labute approximate surface area is 97.2 Å². The molecule has 0 saturated carbocycles. The van der Waals surface area contributed by atoms with E-state index in [0.717, 1.165) is 3.58 Å². The molecule has 1 heterocycles. The predicted octanol–water partition coefficient (Wildman–Crippen LogP) is 1.91. The molecule has 78 valence electrons. The number of hydrogen-bond donors (Lipinski definition) is 0. The molecule has 1 aromatic heterocycles. The molecule has 0 atom stereocenters. The second kappa shape index (κ2) is 3.73. The van der Waals surface area contributed by atoms with Crippen LogP contribution in [0, 0.1) is 5.82 Å². The maximum absolute atomic E-state index is 13.7. The van der Waals surface area contributed by atoms with Gasteiger partial charge in [-0.15, -0.1) is 0 Å². The number of fused-ring (bicyclic) bond motifs is 1. The van der Waals surface area contributed by atoms with Gasteiger partial charge in [-0.3, -0.25) is 0 Å². The summed E-state index contributed by atoms with van der Waals surface area (Å²) in [6, 6.07) is 3.19. The van der Waals surface area contributed by atoms with Crippen LogP contribution in [0.4, 0.5) is 4.39 Å². The van der Waals surface area contributed by atoms with Crippen LogP contribution in [0.25, 0.3) is 11.0 Å². The van der Waals surface area contributed by atoms with Crippen LogP contribution in [0.1, 0.15) is 20.8 Å². The summed E-state index contributed by atoms with van der Waals surface area (Å²) in [5, 5.41) is 7.33. The summed E-state index contributed by atoms with van der Waals surface area (Å²) < 4.78 is 19.3. The van der Waals surface area contributed by atoms with Crippen LogP contribution >= 0.6 is 0 Å². The minimum atomic E-state index is -0.949. The molecule has 3 nitrogen and oxygen atoms in total. The summed E-state index contributed by atoms with van der Waals surface area (Å²) >= 11 is -0.949. The Bertz CT molecular complexity index is 490. The van der Waals surface area contributed by atoms with Gasteiger partial charge in [0.05, 0.1) is 0 Å². The Morgan fingerprint density at radius 1 is 1.20 bits per heavy atom. The van der Waals surface area contributed by atoms with Crippen LogP contribution in [0.15, 0.2) is 16.8 Å². The summed E-state index contributed by atoms with van der Waals surface area (Å²) in [4.78, 5) is 0. The molecule has 2 rings (SSSR count). The molecule has 0 unspecified atom stereocenters. The van der Waals surface area contributed by atoms with Gasteiger partial charge < -0.3 is 0 Å². The second-order valence-corrected chi connectivity index (χ2v) is 11.0. The fourth-order valence-electron chi connectivity index (χ4n) is 1.31. The molecule has 0 aliphatic rings. The third kappa shape index (κ3) is 2.48. The monoisotopic (exact) mass is 314 g/mol. The minimum absolute atomic E-state index is 0.167. The zero-order chi connectivity index (χ0) is 11.1. The molecular formula is C10H11FN2OSn. The van der Waals surface area contributed by atoms with Crippen molar-refractivity contribution in [1.29, 1.82) is 0 Å². The molecule has 1 aromatic carbocycles. The van der Waals surface area contributed by atoms with Crippen molar-refractivity contribution < 1.29 is 9.02 Å². The van der Waals surface area contributed by atoms with E-state index in [0.29, 0.717) is 11.0 Å². The van der Waals surface area contributed by atoms with E-state index >= 15 is 0 Å². The van der Waals surface area contributed by atoms with Crippen LogP contribution in [0.3, 0.4) is 0 Å². The Morgan fingerprint density at radius 2 is 1.80 bits per heavy atom. The molecule has 2 radical (unpaired) electrons. The molecular weight excluding hydrogens is 302 g/mol. The normalized spacial score (nSPS) is 12.3. The molecule has 0 saturated heterocycles. The van der Waals surface area contributed by atoms with Crippen molar-refractivity contribution in [3.63, 3.8) is 0 Å². The topological polar surface area (TPSA) is 38.9 Å². The second-order valence-electron chi connectivity index (χ2n) is 4.46. The summed E-state index contributed by atoms with van der Waals surface area (Å²) in [6.45, 7) is 6.43. The van der Waals surface area contributed by atoms with Crippen molar-refractivity contribution in [2.45, 2.75) is 24.2 Å². The molecule has 5 heteroatoms. The molecule has 0 aliphatic carbocycles. The van der Waals surface area contributed by atoms with Gasteiger partial charge in [-0.2, -0.15) is 0 Å². The first-order valence-corrected chi connectivity index (χ1v) is 7.51. The van der Waals surface area contributed by atoms with E-state index in [1.54, 1.807) is 6.07 Å². The van der Waals surface area contributed by atoms with E-state index in [-0.39, 0.29) is 9.25 Å². The molecule has 2 aromatic rings. The fraction of sp³-hybridized carbons (Fsp3) is 0.400. The summed E-state index contributed by atoms with van der Waals surface area (Å²) in [6.07, 6.45) is 0. The molecule has 0 bridgehead atoms. The number of hydrogen-bond acceptors (Lipinski definition) is 3. The standard InChI is InChI=1S/C6H2FN2O.C4H9.Sn/c7-4-1-2-5-6(3-4)9-10-8-5;1-4(2)3;/h2-3H;1-3H3;. The molecule has 0 N–H and O–H groups in total. The molecule has 15 heavy (non-hydrogen) atoms. The van der Waals surface area contributed by atoms with Gasteiger partial charge in [0.15, 0.2) is 0 Å². The first-order chi connectivity index (χ1) is 6.96. The third-order valence-corrected chi connectivity index (χ3v) is 5.86. The van der Waals surface area contributed by atoms with Gasteiger partial charge in [0.25, 0.3) is 0 Å². The average Bonchev–Trinajstić information content (AvgIpc) is 2.49. The van der Waals surface area contributed by atoms with Crippen molar-refractivity contribution in [3.8, 4) is 0 Å². The van der Waals surface area contributed by atoms with E-state index in [1.807, 2.05) is 0 Å². The number of benzene rings is 1. The first-order valence-electron chi connectivity index (χ1n) is 4.66. The van der Waals surface area contributed by atoms with Crippen molar-refractivity contribution in [2.24, 2.45) is 0 Å². The molecule has 0 fully saturated rings. The van der Waals surface area contributed by atoms with E-state index in [2.05, 4.69) is 35.7 Å². The Morgan fingerprint density at radius 3 is 2.40 bits per heavy atom. The number of nitrogens with zero attached hydrogens (tertiary/aromatic N) is 2. The van der Waals surface area contributed by atoms with Gasteiger partial charge in [-0.25, -0.2) is 0 Å². The van der Waals surface area contributed by atoms with Crippen molar-refractivity contribution in [2.75, 3.05) is 0 Å². The van der Waals surface area contributed by atoms with Gasteiger partial charge in [0.2, 0.25) is 0 Å². The first kappa shape index (κ1) is 10.9. The van der Waals surface area contributed by atoms with Crippen LogP contribution in [-0.4, -0.2) is 31.5 Å². The number of aromatic nitrogens is 2. The van der Waals surface area contributed by atoms with Crippen LogP contribution < -0.4 is 3.58 Å². The Kier molecular flexibility index (Phi) is 2.70. The Hall–Kier alpha value is -0.651. The van der Waals surface area contributed by atoms with Gasteiger partial charge in [0.1, 0.15) is 0 Å². The zero-order valence-corrected chi connectivity index (χ0v) is 11.7. The van der Waals surface area contributed by atoms with E-state index in [1.165, 1.54) is 6.07 Å². The van der Waals surface area contributed by atoms with Crippen molar-refractivity contribution >= 4 is 35.8 Å².